The van der Waals surface area contributed by atoms with Crippen LogP contribution in [0.3, 0.4) is 0 Å². The number of halogens is 2. The lowest BCUT2D eigenvalue weighted by Crippen LogP contribution is -2.12. The van der Waals surface area contributed by atoms with Gasteiger partial charge in [0.25, 0.3) is 0 Å². The van der Waals surface area contributed by atoms with Crippen LogP contribution in [-0.4, -0.2) is 4.83 Å². The maximum Gasteiger partial charge on any atom is 0.0730 e. The number of hydrogen-bond acceptors (Lipinski definition) is 1. The SMILES string of the molecule is CC1C(Br)CCC1Cc1ccsc1Br. The maximum atomic E-state index is 3.76. The number of hydrogen-bond donors (Lipinski definition) is 0. The van der Waals surface area contributed by atoms with Crippen LogP contribution < -0.4 is 0 Å². The number of thiophene rings is 1. The lowest BCUT2D eigenvalue weighted by atomic mass is 9.92. The Kier molecular flexibility index (Phi) is 3.72. The van der Waals surface area contributed by atoms with E-state index in [1.807, 2.05) is 0 Å². The average molecular weight is 338 g/mol. The zero-order valence-corrected chi connectivity index (χ0v) is 12.2. The minimum Gasteiger partial charge on any atom is -0.137 e. The first-order valence-corrected chi connectivity index (χ1v) is 7.63. The summed E-state index contributed by atoms with van der Waals surface area (Å²) < 4.78 is 1.32. The molecule has 0 nitrogen and oxygen atoms in total. The smallest absolute Gasteiger partial charge is 0.0730 e. The Balaban J connectivity index is 2.02. The van der Waals surface area contributed by atoms with Gasteiger partial charge in [0.2, 0.25) is 0 Å². The van der Waals surface area contributed by atoms with Crippen LogP contribution in [0.5, 0.6) is 0 Å². The van der Waals surface area contributed by atoms with E-state index in [9.17, 15) is 0 Å². The lowest BCUT2D eigenvalue weighted by Gasteiger charge is -2.16. The standard InChI is InChI=1S/C11H14Br2S/c1-7-8(2-3-10(7)12)6-9-4-5-14-11(9)13/h4-5,7-8,10H,2-3,6H2,1H3. The average Bonchev–Trinajstić information content (AvgIpc) is 2.68. The molecule has 1 aliphatic carbocycles. The van der Waals surface area contributed by atoms with Crippen LogP contribution in [0.15, 0.2) is 15.2 Å². The molecule has 0 aliphatic heterocycles. The molecule has 0 N–H and O–H groups in total. The molecule has 3 heteroatoms. The molecule has 0 spiro atoms. The van der Waals surface area contributed by atoms with Crippen LogP contribution in [0.25, 0.3) is 0 Å². The minimum absolute atomic E-state index is 0.741. The summed E-state index contributed by atoms with van der Waals surface area (Å²) in [6, 6.07) is 2.25. The molecule has 0 saturated heterocycles. The Labute approximate surface area is 106 Å². The predicted octanol–water partition coefficient (Wildman–Crippen LogP) is 4.86. The highest BCUT2D eigenvalue weighted by atomic mass is 79.9. The first-order chi connectivity index (χ1) is 6.68. The molecule has 1 heterocycles. The monoisotopic (exact) mass is 336 g/mol. The summed E-state index contributed by atoms with van der Waals surface area (Å²) in [5.41, 5.74) is 1.49. The van der Waals surface area contributed by atoms with E-state index in [4.69, 9.17) is 0 Å². The Morgan fingerprint density at radius 1 is 1.50 bits per heavy atom. The van der Waals surface area contributed by atoms with Crippen molar-refractivity contribution in [1.29, 1.82) is 0 Å². The third-order valence-electron chi connectivity index (χ3n) is 3.30. The zero-order chi connectivity index (χ0) is 10.1. The molecule has 1 saturated carbocycles. The third-order valence-corrected chi connectivity index (χ3v) is 6.41. The molecule has 2 rings (SSSR count). The quantitative estimate of drug-likeness (QED) is 0.676. The number of alkyl halides is 1. The van der Waals surface area contributed by atoms with Crippen molar-refractivity contribution in [3.8, 4) is 0 Å². The van der Waals surface area contributed by atoms with Crippen LogP contribution >= 0.6 is 43.2 Å². The normalized spacial score (nSPS) is 32.4. The molecule has 14 heavy (non-hydrogen) atoms. The van der Waals surface area contributed by atoms with E-state index in [0.29, 0.717) is 0 Å². The van der Waals surface area contributed by atoms with E-state index in [1.54, 1.807) is 11.3 Å². The van der Waals surface area contributed by atoms with Gasteiger partial charge in [-0.1, -0.05) is 22.9 Å². The molecular formula is C11H14Br2S. The summed E-state index contributed by atoms with van der Waals surface area (Å²) >= 11 is 9.17. The molecule has 0 bridgehead atoms. The highest BCUT2D eigenvalue weighted by molar-refractivity contribution is 9.11. The second kappa shape index (κ2) is 4.67. The van der Waals surface area contributed by atoms with Gasteiger partial charge in [-0.2, -0.15) is 0 Å². The van der Waals surface area contributed by atoms with Crippen LogP contribution in [0, 0.1) is 11.8 Å². The van der Waals surface area contributed by atoms with Gasteiger partial charge >= 0.3 is 0 Å². The van der Waals surface area contributed by atoms with Crippen LogP contribution in [0.2, 0.25) is 0 Å². The van der Waals surface area contributed by atoms with E-state index in [-0.39, 0.29) is 0 Å². The first-order valence-electron chi connectivity index (χ1n) is 5.04. The van der Waals surface area contributed by atoms with Crippen molar-refractivity contribution in [2.24, 2.45) is 11.8 Å². The minimum atomic E-state index is 0.741. The fourth-order valence-electron chi connectivity index (χ4n) is 2.23. The van der Waals surface area contributed by atoms with Gasteiger partial charge in [0.1, 0.15) is 0 Å². The van der Waals surface area contributed by atoms with E-state index >= 15 is 0 Å². The van der Waals surface area contributed by atoms with E-state index < -0.39 is 0 Å². The van der Waals surface area contributed by atoms with Crippen molar-refractivity contribution in [2.75, 3.05) is 0 Å². The Morgan fingerprint density at radius 2 is 2.29 bits per heavy atom. The van der Waals surface area contributed by atoms with Crippen LogP contribution in [0.4, 0.5) is 0 Å². The molecular weight excluding hydrogens is 324 g/mol. The summed E-state index contributed by atoms with van der Waals surface area (Å²) in [5.74, 6) is 1.69. The molecule has 78 valence electrons. The summed E-state index contributed by atoms with van der Waals surface area (Å²) in [4.78, 5) is 0.741. The second-order valence-corrected chi connectivity index (χ2v) is 7.55. The highest BCUT2D eigenvalue weighted by Crippen LogP contribution is 2.39. The molecule has 3 atom stereocenters. The molecule has 1 aliphatic rings. The molecule has 0 aromatic carbocycles. The van der Waals surface area contributed by atoms with E-state index in [2.05, 4.69) is 50.2 Å². The zero-order valence-electron chi connectivity index (χ0n) is 8.17. The summed E-state index contributed by atoms with van der Waals surface area (Å²) in [6.07, 6.45) is 3.96. The lowest BCUT2D eigenvalue weighted by molar-refractivity contribution is 0.423. The Morgan fingerprint density at radius 3 is 2.79 bits per heavy atom. The predicted molar refractivity (Wildman–Crippen MR) is 70.3 cm³/mol. The van der Waals surface area contributed by atoms with Crippen molar-refractivity contribution in [3.05, 3.63) is 20.8 Å². The van der Waals surface area contributed by atoms with Crippen molar-refractivity contribution in [1.82, 2.24) is 0 Å². The second-order valence-electron chi connectivity index (χ2n) is 4.14. The van der Waals surface area contributed by atoms with Crippen LogP contribution in [0.1, 0.15) is 25.3 Å². The van der Waals surface area contributed by atoms with Crippen molar-refractivity contribution in [3.63, 3.8) is 0 Å². The maximum absolute atomic E-state index is 3.76. The van der Waals surface area contributed by atoms with Crippen molar-refractivity contribution < 1.29 is 0 Å². The van der Waals surface area contributed by atoms with Crippen molar-refractivity contribution in [2.45, 2.75) is 31.0 Å². The summed E-state index contributed by atoms with van der Waals surface area (Å²) in [7, 11) is 0. The van der Waals surface area contributed by atoms with Gasteiger partial charge in [-0.25, -0.2) is 0 Å². The summed E-state index contributed by atoms with van der Waals surface area (Å²) in [5, 5.41) is 2.17. The van der Waals surface area contributed by atoms with Gasteiger partial charge in [0.05, 0.1) is 3.79 Å². The Hall–Kier alpha value is 0.660. The van der Waals surface area contributed by atoms with E-state index in [1.165, 1.54) is 28.6 Å². The number of rotatable bonds is 2. The highest BCUT2D eigenvalue weighted by Gasteiger charge is 2.31. The largest absolute Gasteiger partial charge is 0.137 e. The van der Waals surface area contributed by atoms with Gasteiger partial charge in [0, 0.05) is 4.83 Å². The van der Waals surface area contributed by atoms with Gasteiger partial charge in [-0.05, 0) is 64.0 Å². The fourth-order valence-corrected chi connectivity index (χ4v) is 4.20. The topological polar surface area (TPSA) is 0 Å². The molecule has 0 radical (unpaired) electrons. The summed E-state index contributed by atoms with van der Waals surface area (Å²) in [6.45, 7) is 2.37. The molecule has 1 aromatic heterocycles. The van der Waals surface area contributed by atoms with Crippen LogP contribution in [-0.2, 0) is 6.42 Å². The van der Waals surface area contributed by atoms with Gasteiger partial charge in [0.15, 0.2) is 0 Å². The van der Waals surface area contributed by atoms with Gasteiger partial charge in [-0.15, -0.1) is 11.3 Å². The Bertz CT molecular complexity index is 308. The van der Waals surface area contributed by atoms with Gasteiger partial charge < -0.3 is 0 Å². The molecule has 3 unspecified atom stereocenters. The van der Waals surface area contributed by atoms with E-state index in [0.717, 1.165) is 16.7 Å². The molecule has 0 amide bonds. The molecule has 1 fully saturated rings. The fraction of sp³-hybridized carbons (Fsp3) is 0.636. The van der Waals surface area contributed by atoms with Crippen molar-refractivity contribution >= 4 is 43.2 Å². The van der Waals surface area contributed by atoms with Gasteiger partial charge in [-0.3, -0.25) is 0 Å². The first kappa shape index (κ1) is 11.2. The molecule has 1 aromatic rings. The third kappa shape index (κ3) is 2.25.